The highest BCUT2D eigenvalue weighted by Crippen LogP contribution is 2.26. The number of hydrogen-bond donors (Lipinski definition) is 0. The Labute approximate surface area is 130 Å². The highest BCUT2D eigenvalue weighted by Gasteiger charge is 2.21. The topological polar surface area (TPSA) is 29.5 Å². The first-order valence-corrected chi connectivity index (χ1v) is 7.89. The zero-order chi connectivity index (χ0) is 14.9. The summed E-state index contributed by atoms with van der Waals surface area (Å²) in [7, 11) is 0. The smallest absolute Gasteiger partial charge is 0.227 e. The van der Waals surface area contributed by atoms with E-state index in [-0.39, 0.29) is 5.91 Å². The molecule has 0 saturated carbocycles. The summed E-state index contributed by atoms with van der Waals surface area (Å²) in [6.45, 7) is 2.32. The molecular weight excluding hydrogens is 274 g/mol. The van der Waals surface area contributed by atoms with Gasteiger partial charge in [0, 0.05) is 19.5 Å². The molecule has 2 aliphatic heterocycles. The molecule has 2 heterocycles. The van der Waals surface area contributed by atoms with Gasteiger partial charge in [0.25, 0.3) is 0 Å². The van der Waals surface area contributed by atoms with Gasteiger partial charge in [0.15, 0.2) is 0 Å². The van der Waals surface area contributed by atoms with E-state index in [2.05, 4.69) is 24.3 Å². The van der Waals surface area contributed by atoms with Gasteiger partial charge in [-0.15, -0.1) is 0 Å². The van der Waals surface area contributed by atoms with E-state index in [1.54, 1.807) is 0 Å². The summed E-state index contributed by atoms with van der Waals surface area (Å²) >= 11 is 0. The fourth-order valence-electron chi connectivity index (χ4n) is 3.34. The maximum absolute atomic E-state index is 12.6. The van der Waals surface area contributed by atoms with Gasteiger partial charge in [-0.2, -0.15) is 0 Å². The van der Waals surface area contributed by atoms with Crippen molar-refractivity contribution in [1.82, 2.24) is 4.90 Å². The Morgan fingerprint density at radius 2 is 1.91 bits per heavy atom. The molecule has 0 fully saturated rings. The molecule has 0 N–H and O–H groups in total. The summed E-state index contributed by atoms with van der Waals surface area (Å²) < 4.78 is 5.52. The van der Waals surface area contributed by atoms with Crippen molar-refractivity contribution in [1.29, 1.82) is 0 Å². The third-order valence-corrected chi connectivity index (χ3v) is 4.59. The van der Waals surface area contributed by atoms with Crippen LogP contribution >= 0.6 is 0 Å². The minimum atomic E-state index is 0.216. The van der Waals surface area contributed by atoms with E-state index in [1.165, 1.54) is 16.7 Å². The van der Waals surface area contributed by atoms with E-state index in [1.807, 2.05) is 23.1 Å². The molecule has 3 nitrogen and oxygen atoms in total. The van der Waals surface area contributed by atoms with Gasteiger partial charge in [0.1, 0.15) is 5.75 Å². The molecule has 0 aliphatic carbocycles. The van der Waals surface area contributed by atoms with E-state index >= 15 is 0 Å². The molecule has 112 valence electrons. The Kier molecular flexibility index (Phi) is 3.34. The molecule has 2 aromatic carbocycles. The molecule has 0 radical (unpaired) electrons. The SMILES string of the molecule is O=C(Cc1ccc2c(c1)CCO2)N1CCc2ccccc2C1. The van der Waals surface area contributed by atoms with Crippen LogP contribution in [0.1, 0.15) is 22.3 Å². The molecule has 0 aromatic heterocycles. The average Bonchev–Trinajstić information content (AvgIpc) is 3.02. The largest absolute Gasteiger partial charge is 0.493 e. The Balaban J connectivity index is 1.47. The van der Waals surface area contributed by atoms with Crippen molar-refractivity contribution < 1.29 is 9.53 Å². The lowest BCUT2D eigenvalue weighted by molar-refractivity contribution is -0.131. The molecule has 2 aliphatic rings. The molecule has 4 rings (SSSR count). The first kappa shape index (κ1) is 13.4. The van der Waals surface area contributed by atoms with Crippen molar-refractivity contribution in [2.24, 2.45) is 0 Å². The lowest BCUT2D eigenvalue weighted by atomic mass is 9.99. The molecule has 0 atom stereocenters. The quantitative estimate of drug-likeness (QED) is 0.852. The van der Waals surface area contributed by atoms with E-state index in [0.717, 1.165) is 43.9 Å². The van der Waals surface area contributed by atoms with E-state index in [0.29, 0.717) is 6.42 Å². The highest BCUT2D eigenvalue weighted by molar-refractivity contribution is 5.79. The minimum Gasteiger partial charge on any atom is -0.493 e. The van der Waals surface area contributed by atoms with Gasteiger partial charge >= 0.3 is 0 Å². The third kappa shape index (κ3) is 2.47. The van der Waals surface area contributed by atoms with Crippen LogP contribution in [-0.4, -0.2) is 24.0 Å². The van der Waals surface area contributed by atoms with Crippen molar-refractivity contribution in [3.63, 3.8) is 0 Å². The maximum atomic E-state index is 12.6. The molecule has 0 bridgehead atoms. The van der Waals surface area contributed by atoms with Crippen molar-refractivity contribution in [2.75, 3.05) is 13.2 Å². The summed E-state index contributed by atoms with van der Waals surface area (Å²) in [5.74, 6) is 1.19. The second kappa shape index (κ2) is 5.48. The lowest BCUT2D eigenvalue weighted by Gasteiger charge is -2.29. The predicted octanol–water partition coefficient (Wildman–Crippen LogP) is 2.75. The lowest BCUT2D eigenvalue weighted by Crippen LogP contribution is -2.36. The van der Waals surface area contributed by atoms with Crippen molar-refractivity contribution in [3.05, 3.63) is 64.7 Å². The van der Waals surface area contributed by atoms with Crippen LogP contribution < -0.4 is 4.74 Å². The summed E-state index contributed by atoms with van der Waals surface area (Å²) in [4.78, 5) is 14.6. The fraction of sp³-hybridized carbons (Fsp3) is 0.316. The monoisotopic (exact) mass is 293 g/mol. The zero-order valence-electron chi connectivity index (χ0n) is 12.5. The van der Waals surface area contributed by atoms with Gasteiger partial charge in [0.2, 0.25) is 5.91 Å². The first-order chi connectivity index (χ1) is 10.8. The molecule has 3 heteroatoms. The number of nitrogens with zero attached hydrogens (tertiary/aromatic N) is 1. The Morgan fingerprint density at radius 3 is 2.82 bits per heavy atom. The third-order valence-electron chi connectivity index (χ3n) is 4.59. The van der Waals surface area contributed by atoms with Gasteiger partial charge in [-0.25, -0.2) is 0 Å². The number of carbonyl (C=O) groups is 1. The molecule has 0 saturated heterocycles. The Hall–Kier alpha value is -2.29. The fourth-order valence-corrected chi connectivity index (χ4v) is 3.34. The molecule has 2 aromatic rings. The van der Waals surface area contributed by atoms with Gasteiger partial charge in [-0.3, -0.25) is 4.79 Å². The van der Waals surface area contributed by atoms with Crippen LogP contribution in [0.5, 0.6) is 5.75 Å². The Bertz CT molecular complexity index is 723. The van der Waals surface area contributed by atoms with Gasteiger partial charge in [-0.05, 0) is 34.7 Å². The molecule has 0 unspecified atom stereocenters. The molecule has 22 heavy (non-hydrogen) atoms. The summed E-state index contributed by atoms with van der Waals surface area (Å²) in [5, 5.41) is 0. The number of benzene rings is 2. The normalized spacial score (nSPS) is 15.9. The second-order valence-corrected chi connectivity index (χ2v) is 6.05. The van der Waals surface area contributed by atoms with Crippen molar-refractivity contribution in [2.45, 2.75) is 25.8 Å². The van der Waals surface area contributed by atoms with E-state index in [4.69, 9.17) is 4.74 Å². The zero-order valence-corrected chi connectivity index (χ0v) is 12.5. The van der Waals surface area contributed by atoms with Crippen molar-refractivity contribution in [3.8, 4) is 5.75 Å². The van der Waals surface area contributed by atoms with Crippen LogP contribution in [0.15, 0.2) is 42.5 Å². The standard InChI is InChI=1S/C19H19NO2/c21-19(12-14-5-6-18-16(11-14)8-10-22-18)20-9-7-15-3-1-2-4-17(15)13-20/h1-6,11H,7-10,12-13H2. The van der Waals surface area contributed by atoms with Gasteiger partial charge < -0.3 is 9.64 Å². The number of fused-ring (bicyclic) bond motifs is 2. The number of ether oxygens (including phenoxy) is 1. The first-order valence-electron chi connectivity index (χ1n) is 7.89. The van der Waals surface area contributed by atoms with E-state index in [9.17, 15) is 4.79 Å². The van der Waals surface area contributed by atoms with E-state index < -0.39 is 0 Å². The summed E-state index contributed by atoms with van der Waals surface area (Å²) in [6, 6.07) is 14.5. The van der Waals surface area contributed by atoms with Crippen LogP contribution in [0, 0.1) is 0 Å². The summed E-state index contributed by atoms with van der Waals surface area (Å²) in [5.41, 5.74) is 4.98. The van der Waals surface area contributed by atoms with Crippen LogP contribution in [0.4, 0.5) is 0 Å². The number of carbonyl (C=O) groups excluding carboxylic acids is 1. The van der Waals surface area contributed by atoms with Crippen molar-refractivity contribution >= 4 is 5.91 Å². The van der Waals surface area contributed by atoms with Gasteiger partial charge in [-0.1, -0.05) is 36.4 Å². The minimum absolute atomic E-state index is 0.216. The molecule has 1 amide bonds. The molecule has 0 spiro atoms. The number of hydrogen-bond acceptors (Lipinski definition) is 2. The maximum Gasteiger partial charge on any atom is 0.227 e. The van der Waals surface area contributed by atoms with Crippen LogP contribution in [0.2, 0.25) is 0 Å². The second-order valence-electron chi connectivity index (χ2n) is 6.05. The Morgan fingerprint density at radius 1 is 1.05 bits per heavy atom. The average molecular weight is 293 g/mol. The predicted molar refractivity (Wildman–Crippen MR) is 84.9 cm³/mol. The van der Waals surface area contributed by atoms with Gasteiger partial charge in [0.05, 0.1) is 13.0 Å². The highest BCUT2D eigenvalue weighted by atomic mass is 16.5. The van der Waals surface area contributed by atoms with Crippen LogP contribution in [-0.2, 0) is 30.6 Å². The number of amides is 1. The van der Waals surface area contributed by atoms with Crippen LogP contribution in [0.25, 0.3) is 0 Å². The summed E-state index contributed by atoms with van der Waals surface area (Å²) in [6.07, 6.45) is 2.39. The molecular formula is C19H19NO2. The number of rotatable bonds is 2. The van der Waals surface area contributed by atoms with Crippen LogP contribution in [0.3, 0.4) is 0 Å².